The standard InChI is InChI=1S/C18H23ClN6O2S/c1-23(2)16(26)12-25-9-7-24(8-10-25)11-15-21-22-18(28-15)17(27)20-14-5-3-13(19)4-6-14/h3-6H,7-12H2,1-2H3,(H,20,27). The van der Waals surface area contributed by atoms with Crippen LogP contribution in [-0.4, -0.2) is 83.5 Å². The van der Waals surface area contributed by atoms with Crippen molar-refractivity contribution in [1.82, 2.24) is 24.9 Å². The number of halogens is 1. The number of hydrogen-bond acceptors (Lipinski definition) is 7. The van der Waals surface area contributed by atoms with Crippen LogP contribution in [-0.2, 0) is 11.3 Å². The number of carbonyl (C=O) groups is 2. The Hall–Kier alpha value is -2.07. The summed E-state index contributed by atoms with van der Waals surface area (Å²) in [7, 11) is 3.55. The number of anilines is 1. The van der Waals surface area contributed by atoms with Gasteiger partial charge in [-0.15, -0.1) is 10.2 Å². The van der Waals surface area contributed by atoms with Crippen molar-refractivity contribution >= 4 is 40.4 Å². The quantitative estimate of drug-likeness (QED) is 0.762. The molecule has 0 atom stereocenters. The van der Waals surface area contributed by atoms with Crippen LogP contribution in [0.25, 0.3) is 0 Å². The van der Waals surface area contributed by atoms with Crippen LogP contribution in [0.15, 0.2) is 24.3 Å². The molecule has 8 nitrogen and oxygen atoms in total. The predicted octanol–water partition coefficient (Wildman–Crippen LogP) is 1.65. The third-order valence-corrected chi connectivity index (χ3v) is 5.60. The monoisotopic (exact) mass is 422 g/mol. The first-order valence-electron chi connectivity index (χ1n) is 8.95. The Balaban J connectivity index is 1.48. The highest BCUT2D eigenvalue weighted by Gasteiger charge is 2.21. The normalized spacial score (nSPS) is 15.4. The SMILES string of the molecule is CN(C)C(=O)CN1CCN(Cc2nnc(C(=O)Nc3ccc(Cl)cc3)s2)CC1. The second-order valence-electron chi connectivity index (χ2n) is 6.80. The van der Waals surface area contributed by atoms with E-state index in [1.165, 1.54) is 11.3 Å². The summed E-state index contributed by atoms with van der Waals surface area (Å²) in [6.45, 7) is 4.49. The fraction of sp³-hybridized carbons (Fsp3) is 0.444. The molecule has 2 aromatic rings. The van der Waals surface area contributed by atoms with E-state index in [2.05, 4.69) is 25.3 Å². The maximum absolute atomic E-state index is 12.3. The lowest BCUT2D eigenvalue weighted by atomic mass is 10.3. The summed E-state index contributed by atoms with van der Waals surface area (Å²) in [4.78, 5) is 30.2. The largest absolute Gasteiger partial charge is 0.348 e. The van der Waals surface area contributed by atoms with E-state index in [0.29, 0.717) is 28.8 Å². The topological polar surface area (TPSA) is 81.7 Å². The molecule has 0 radical (unpaired) electrons. The lowest BCUT2D eigenvalue weighted by Gasteiger charge is -2.34. The lowest BCUT2D eigenvalue weighted by molar-refractivity contribution is -0.130. The molecule has 1 N–H and O–H groups in total. The maximum atomic E-state index is 12.3. The number of nitrogens with zero attached hydrogens (tertiary/aromatic N) is 5. The van der Waals surface area contributed by atoms with E-state index in [-0.39, 0.29) is 11.8 Å². The molecule has 1 aromatic carbocycles. The number of aromatic nitrogens is 2. The molecule has 0 aliphatic carbocycles. The second-order valence-corrected chi connectivity index (χ2v) is 8.30. The van der Waals surface area contributed by atoms with Crippen LogP contribution in [0.4, 0.5) is 5.69 Å². The molecule has 1 aromatic heterocycles. The Morgan fingerprint density at radius 2 is 1.75 bits per heavy atom. The molecular weight excluding hydrogens is 400 g/mol. The van der Waals surface area contributed by atoms with Gasteiger partial charge in [0.1, 0.15) is 5.01 Å². The highest BCUT2D eigenvalue weighted by molar-refractivity contribution is 7.13. The van der Waals surface area contributed by atoms with Gasteiger partial charge in [-0.2, -0.15) is 0 Å². The van der Waals surface area contributed by atoms with Crippen LogP contribution >= 0.6 is 22.9 Å². The number of likely N-dealkylation sites (N-methyl/N-ethyl adjacent to an activating group) is 1. The predicted molar refractivity (Wildman–Crippen MR) is 110 cm³/mol. The van der Waals surface area contributed by atoms with Crippen LogP contribution in [0.5, 0.6) is 0 Å². The summed E-state index contributed by atoms with van der Waals surface area (Å²) >= 11 is 7.15. The molecule has 10 heteroatoms. The van der Waals surface area contributed by atoms with Crippen molar-refractivity contribution in [3.8, 4) is 0 Å². The fourth-order valence-corrected chi connectivity index (χ4v) is 3.66. The van der Waals surface area contributed by atoms with Crippen LogP contribution in [0.2, 0.25) is 5.02 Å². The zero-order valence-electron chi connectivity index (χ0n) is 15.9. The number of rotatable bonds is 6. The van der Waals surface area contributed by atoms with Crippen molar-refractivity contribution in [2.75, 3.05) is 52.1 Å². The van der Waals surface area contributed by atoms with Gasteiger partial charge in [-0.05, 0) is 24.3 Å². The lowest BCUT2D eigenvalue weighted by Crippen LogP contribution is -2.48. The van der Waals surface area contributed by atoms with Gasteiger partial charge < -0.3 is 10.2 Å². The summed E-state index contributed by atoms with van der Waals surface area (Å²) in [5, 5.41) is 12.7. The Kier molecular flexibility index (Phi) is 6.95. The molecule has 3 rings (SSSR count). The van der Waals surface area contributed by atoms with E-state index >= 15 is 0 Å². The smallest absolute Gasteiger partial charge is 0.286 e. The van der Waals surface area contributed by atoms with Gasteiger partial charge in [0.25, 0.3) is 5.91 Å². The van der Waals surface area contributed by atoms with E-state index in [1.54, 1.807) is 43.3 Å². The maximum Gasteiger partial charge on any atom is 0.286 e. The van der Waals surface area contributed by atoms with E-state index in [9.17, 15) is 9.59 Å². The minimum absolute atomic E-state index is 0.119. The molecule has 1 aliphatic heterocycles. The summed E-state index contributed by atoms with van der Waals surface area (Å²) in [5.41, 5.74) is 0.662. The Bertz CT molecular complexity index is 818. The minimum atomic E-state index is -0.280. The summed E-state index contributed by atoms with van der Waals surface area (Å²) < 4.78 is 0. The van der Waals surface area contributed by atoms with E-state index in [4.69, 9.17) is 11.6 Å². The Labute approximate surface area is 173 Å². The highest BCUT2D eigenvalue weighted by Crippen LogP contribution is 2.17. The van der Waals surface area contributed by atoms with E-state index < -0.39 is 0 Å². The van der Waals surface area contributed by atoms with E-state index in [1.807, 2.05) is 0 Å². The van der Waals surface area contributed by atoms with Gasteiger partial charge in [0.15, 0.2) is 0 Å². The second kappa shape index (κ2) is 9.42. The van der Waals surface area contributed by atoms with Gasteiger partial charge in [0.05, 0.1) is 13.1 Å². The van der Waals surface area contributed by atoms with Gasteiger partial charge >= 0.3 is 0 Å². The summed E-state index contributed by atoms with van der Waals surface area (Å²) in [6.07, 6.45) is 0. The molecule has 2 heterocycles. The molecule has 0 saturated carbocycles. The zero-order chi connectivity index (χ0) is 20.1. The van der Waals surface area contributed by atoms with Crippen molar-refractivity contribution in [1.29, 1.82) is 0 Å². The van der Waals surface area contributed by atoms with Crippen LogP contribution in [0, 0.1) is 0 Å². The van der Waals surface area contributed by atoms with Crippen molar-refractivity contribution in [2.45, 2.75) is 6.54 Å². The number of piperazine rings is 1. The molecule has 28 heavy (non-hydrogen) atoms. The zero-order valence-corrected chi connectivity index (χ0v) is 17.5. The number of amides is 2. The first-order valence-corrected chi connectivity index (χ1v) is 10.1. The highest BCUT2D eigenvalue weighted by atomic mass is 35.5. The fourth-order valence-electron chi connectivity index (χ4n) is 2.76. The number of hydrogen-bond donors (Lipinski definition) is 1. The molecule has 1 saturated heterocycles. The first kappa shape index (κ1) is 20.7. The third-order valence-electron chi connectivity index (χ3n) is 4.44. The number of nitrogens with one attached hydrogen (secondary N) is 1. The molecular formula is C18H23ClN6O2S. The third kappa shape index (κ3) is 5.71. The van der Waals surface area contributed by atoms with Crippen LogP contribution < -0.4 is 5.32 Å². The van der Waals surface area contributed by atoms with Crippen molar-refractivity contribution < 1.29 is 9.59 Å². The minimum Gasteiger partial charge on any atom is -0.348 e. The van der Waals surface area contributed by atoms with Gasteiger partial charge in [-0.1, -0.05) is 22.9 Å². The molecule has 0 spiro atoms. The van der Waals surface area contributed by atoms with Crippen LogP contribution in [0.3, 0.4) is 0 Å². The molecule has 0 bridgehead atoms. The van der Waals surface area contributed by atoms with E-state index in [0.717, 1.165) is 31.2 Å². The van der Waals surface area contributed by atoms with Crippen LogP contribution in [0.1, 0.15) is 14.8 Å². The average molecular weight is 423 g/mol. The number of carbonyl (C=O) groups excluding carboxylic acids is 2. The molecule has 1 fully saturated rings. The van der Waals surface area contributed by atoms with Gasteiger partial charge in [0, 0.05) is 51.0 Å². The summed E-state index contributed by atoms with van der Waals surface area (Å²) in [5.74, 6) is -0.160. The molecule has 1 aliphatic rings. The van der Waals surface area contributed by atoms with Crippen molar-refractivity contribution in [3.63, 3.8) is 0 Å². The van der Waals surface area contributed by atoms with Gasteiger partial charge in [0.2, 0.25) is 10.9 Å². The first-order chi connectivity index (χ1) is 13.4. The Morgan fingerprint density at radius 1 is 1.11 bits per heavy atom. The number of benzene rings is 1. The molecule has 2 amide bonds. The van der Waals surface area contributed by atoms with Gasteiger partial charge in [-0.3, -0.25) is 19.4 Å². The molecule has 0 unspecified atom stereocenters. The van der Waals surface area contributed by atoms with Crippen molar-refractivity contribution in [3.05, 3.63) is 39.3 Å². The average Bonchev–Trinajstić information content (AvgIpc) is 3.14. The molecule has 150 valence electrons. The van der Waals surface area contributed by atoms with Crippen molar-refractivity contribution in [2.24, 2.45) is 0 Å². The Morgan fingerprint density at radius 3 is 2.39 bits per heavy atom. The summed E-state index contributed by atoms with van der Waals surface area (Å²) in [6, 6.07) is 6.91. The van der Waals surface area contributed by atoms with Gasteiger partial charge in [-0.25, -0.2) is 0 Å².